The molecule has 5 rings (SSSR count). The van der Waals surface area contributed by atoms with Crippen LogP contribution in [0.3, 0.4) is 0 Å². The lowest BCUT2D eigenvalue weighted by molar-refractivity contribution is -0.116. The van der Waals surface area contributed by atoms with Gasteiger partial charge in [-0.25, -0.2) is 0 Å². The summed E-state index contributed by atoms with van der Waals surface area (Å²) in [5, 5.41) is 6.17. The summed E-state index contributed by atoms with van der Waals surface area (Å²) in [6.45, 7) is 0.694. The van der Waals surface area contributed by atoms with E-state index in [-0.39, 0.29) is 11.6 Å². The summed E-state index contributed by atoms with van der Waals surface area (Å²) in [5.41, 5.74) is 3.47. The molecule has 0 radical (unpaired) electrons. The van der Waals surface area contributed by atoms with E-state index >= 15 is 0 Å². The number of halogens is 2. The Morgan fingerprint density at radius 2 is 1.51 bits per heavy atom. The lowest BCUT2D eigenvalue weighted by atomic mass is 10.1. The molecule has 0 unspecified atom stereocenters. The van der Waals surface area contributed by atoms with Crippen LogP contribution in [0.25, 0.3) is 6.08 Å². The minimum absolute atomic E-state index is 0.0243. The highest BCUT2D eigenvalue weighted by atomic mass is 35.5. The summed E-state index contributed by atoms with van der Waals surface area (Å²) in [5.74, 6) is -0.642. The van der Waals surface area contributed by atoms with Crippen molar-refractivity contribution in [2.45, 2.75) is 11.3 Å². The van der Waals surface area contributed by atoms with Crippen molar-refractivity contribution < 1.29 is 14.4 Å². The minimum Gasteiger partial charge on any atom is -0.321 e. The third-order valence-corrected chi connectivity index (χ3v) is 8.14. The molecule has 0 bridgehead atoms. The maximum atomic E-state index is 13.3. The molecule has 1 aliphatic heterocycles. The van der Waals surface area contributed by atoms with Gasteiger partial charge in [-0.3, -0.25) is 14.4 Å². The SMILES string of the molecule is O=C(Nc1ccc(SCC(=O)N2CCc3ccccc32)cc1)/C(=C/c1c(Cl)cccc1Cl)NC(=O)c1ccccc1. The molecule has 206 valence electrons. The fraction of sp³-hybridized carbons (Fsp3) is 0.0938. The van der Waals surface area contributed by atoms with Gasteiger partial charge in [-0.2, -0.15) is 0 Å². The highest BCUT2D eigenvalue weighted by Crippen LogP contribution is 2.30. The van der Waals surface area contributed by atoms with Gasteiger partial charge in [0, 0.05) is 44.0 Å². The number of carbonyl (C=O) groups is 3. The minimum atomic E-state index is -0.548. The Bertz CT molecular complexity index is 1610. The lowest BCUT2D eigenvalue weighted by Gasteiger charge is -2.17. The largest absolute Gasteiger partial charge is 0.321 e. The standard InChI is InChI=1S/C32H25Cl2N3O3S/c33-26-10-6-11-27(34)25(26)19-28(36-31(39)22-8-2-1-3-9-22)32(40)35-23-13-15-24(16-14-23)41-20-30(38)37-18-17-21-7-4-5-12-29(21)37/h1-16,19H,17-18,20H2,(H,35,40)(H,36,39)/b28-19-. The van der Waals surface area contributed by atoms with Gasteiger partial charge in [0.25, 0.3) is 11.8 Å². The Labute approximate surface area is 252 Å². The molecule has 6 nitrogen and oxygen atoms in total. The van der Waals surface area contributed by atoms with Crippen LogP contribution in [-0.4, -0.2) is 30.0 Å². The van der Waals surface area contributed by atoms with Gasteiger partial charge in [-0.1, -0.05) is 65.7 Å². The first kappa shape index (κ1) is 28.5. The van der Waals surface area contributed by atoms with E-state index in [4.69, 9.17) is 23.2 Å². The Balaban J connectivity index is 1.26. The monoisotopic (exact) mass is 601 g/mol. The smallest absolute Gasteiger partial charge is 0.272 e. The number of anilines is 2. The number of nitrogens with one attached hydrogen (secondary N) is 2. The summed E-state index contributed by atoms with van der Waals surface area (Å²) in [7, 11) is 0. The summed E-state index contributed by atoms with van der Waals surface area (Å²) in [6, 6.07) is 28.7. The molecule has 4 aromatic carbocycles. The second-order valence-corrected chi connectivity index (χ2v) is 11.1. The molecule has 0 atom stereocenters. The van der Waals surface area contributed by atoms with Crippen LogP contribution in [0.4, 0.5) is 11.4 Å². The topological polar surface area (TPSA) is 78.5 Å². The number of amides is 3. The van der Waals surface area contributed by atoms with Gasteiger partial charge < -0.3 is 15.5 Å². The van der Waals surface area contributed by atoms with Gasteiger partial charge in [-0.05, 0) is 72.7 Å². The molecular formula is C32H25Cl2N3O3S. The third-order valence-electron chi connectivity index (χ3n) is 6.48. The van der Waals surface area contributed by atoms with E-state index in [2.05, 4.69) is 16.7 Å². The Morgan fingerprint density at radius 1 is 0.829 bits per heavy atom. The van der Waals surface area contributed by atoms with Crippen LogP contribution in [-0.2, 0) is 16.0 Å². The maximum Gasteiger partial charge on any atom is 0.272 e. The average Bonchev–Trinajstić information content (AvgIpc) is 3.43. The summed E-state index contributed by atoms with van der Waals surface area (Å²) in [6.07, 6.45) is 2.32. The van der Waals surface area contributed by atoms with Gasteiger partial charge in [0.1, 0.15) is 5.70 Å². The second-order valence-electron chi connectivity index (χ2n) is 9.20. The van der Waals surface area contributed by atoms with Gasteiger partial charge in [0.05, 0.1) is 5.75 Å². The Hall–Kier alpha value is -4.04. The molecule has 9 heteroatoms. The molecule has 0 fully saturated rings. The van der Waals surface area contributed by atoms with Crippen molar-refractivity contribution in [1.29, 1.82) is 0 Å². The Morgan fingerprint density at radius 3 is 2.24 bits per heavy atom. The van der Waals surface area contributed by atoms with Crippen LogP contribution >= 0.6 is 35.0 Å². The molecule has 0 spiro atoms. The van der Waals surface area contributed by atoms with E-state index in [0.717, 1.165) is 17.0 Å². The molecule has 3 amide bonds. The summed E-state index contributed by atoms with van der Waals surface area (Å²) >= 11 is 14.1. The van der Waals surface area contributed by atoms with Gasteiger partial charge >= 0.3 is 0 Å². The van der Waals surface area contributed by atoms with Gasteiger partial charge in [-0.15, -0.1) is 11.8 Å². The highest BCUT2D eigenvalue weighted by molar-refractivity contribution is 8.00. The number of nitrogens with zero attached hydrogens (tertiary/aromatic N) is 1. The average molecular weight is 603 g/mol. The van der Waals surface area contributed by atoms with Crippen LogP contribution in [0.15, 0.2) is 108 Å². The molecule has 1 aliphatic rings. The van der Waals surface area contributed by atoms with Crippen LogP contribution in [0.2, 0.25) is 10.0 Å². The summed E-state index contributed by atoms with van der Waals surface area (Å²) < 4.78 is 0. The van der Waals surface area contributed by atoms with Gasteiger partial charge in [0.2, 0.25) is 5.91 Å². The number of benzene rings is 4. The van der Waals surface area contributed by atoms with Crippen molar-refractivity contribution in [1.82, 2.24) is 5.32 Å². The molecule has 4 aromatic rings. The zero-order valence-electron chi connectivity index (χ0n) is 21.8. The second kappa shape index (κ2) is 13.1. The van der Waals surface area contributed by atoms with E-state index < -0.39 is 11.8 Å². The van der Waals surface area contributed by atoms with E-state index in [9.17, 15) is 14.4 Å². The van der Waals surface area contributed by atoms with Crippen molar-refractivity contribution in [2.75, 3.05) is 22.5 Å². The molecular weight excluding hydrogens is 577 g/mol. The van der Waals surface area contributed by atoms with Crippen molar-refractivity contribution in [2.24, 2.45) is 0 Å². The number of hydrogen-bond acceptors (Lipinski definition) is 4. The molecule has 2 N–H and O–H groups in total. The predicted octanol–water partition coefficient (Wildman–Crippen LogP) is 7.08. The number of rotatable bonds is 8. The quantitative estimate of drug-likeness (QED) is 0.167. The zero-order chi connectivity index (χ0) is 28.8. The van der Waals surface area contributed by atoms with E-state index in [0.29, 0.717) is 39.2 Å². The molecule has 1 heterocycles. The summed E-state index contributed by atoms with van der Waals surface area (Å²) in [4.78, 5) is 41.8. The first-order chi connectivity index (χ1) is 19.9. The highest BCUT2D eigenvalue weighted by Gasteiger charge is 2.24. The van der Waals surface area contributed by atoms with Crippen molar-refractivity contribution >= 4 is 70.1 Å². The molecule has 41 heavy (non-hydrogen) atoms. The Kier molecular flexibility index (Phi) is 9.09. The van der Waals surface area contributed by atoms with Gasteiger partial charge in [0.15, 0.2) is 0 Å². The fourth-order valence-corrected chi connectivity index (χ4v) is 5.67. The van der Waals surface area contributed by atoms with E-state index in [1.165, 1.54) is 23.4 Å². The van der Waals surface area contributed by atoms with Crippen LogP contribution in [0, 0.1) is 0 Å². The number of hydrogen-bond donors (Lipinski definition) is 2. The first-order valence-electron chi connectivity index (χ1n) is 12.8. The first-order valence-corrected chi connectivity index (χ1v) is 14.6. The third kappa shape index (κ3) is 7.00. The maximum absolute atomic E-state index is 13.3. The number of carbonyl (C=O) groups excluding carboxylic acids is 3. The van der Waals surface area contributed by atoms with Crippen LogP contribution < -0.4 is 15.5 Å². The lowest BCUT2D eigenvalue weighted by Crippen LogP contribution is -2.30. The van der Waals surface area contributed by atoms with Crippen molar-refractivity contribution in [3.63, 3.8) is 0 Å². The van der Waals surface area contributed by atoms with E-state index in [1.54, 1.807) is 60.7 Å². The van der Waals surface area contributed by atoms with Crippen LogP contribution in [0.1, 0.15) is 21.5 Å². The number of fused-ring (bicyclic) bond motifs is 1. The van der Waals surface area contributed by atoms with Crippen molar-refractivity contribution in [3.05, 3.63) is 129 Å². The van der Waals surface area contributed by atoms with Crippen molar-refractivity contribution in [3.8, 4) is 0 Å². The van der Waals surface area contributed by atoms with Crippen LogP contribution in [0.5, 0.6) is 0 Å². The fourth-order valence-electron chi connectivity index (χ4n) is 4.39. The normalized spacial score (nSPS) is 12.5. The molecule has 0 aromatic heterocycles. The zero-order valence-corrected chi connectivity index (χ0v) is 24.1. The number of thioether (sulfide) groups is 1. The molecule has 0 saturated heterocycles. The molecule has 0 aliphatic carbocycles. The molecule has 0 saturated carbocycles. The predicted molar refractivity (Wildman–Crippen MR) is 167 cm³/mol. The van der Waals surface area contributed by atoms with E-state index in [1.807, 2.05) is 35.2 Å². The number of para-hydroxylation sites is 1.